The average Bonchev–Trinajstić information content (AvgIpc) is 2.07. The van der Waals surface area contributed by atoms with Gasteiger partial charge in [0.1, 0.15) is 6.54 Å². The second kappa shape index (κ2) is 4.41. The predicted octanol–water partition coefficient (Wildman–Crippen LogP) is -0.775. The van der Waals surface area contributed by atoms with Gasteiger partial charge >= 0.3 is 5.97 Å². The van der Waals surface area contributed by atoms with E-state index in [9.17, 15) is 13.2 Å². The second-order valence-corrected chi connectivity index (χ2v) is 5.36. The Kier molecular flexibility index (Phi) is 3.45. The van der Waals surface area contributed by atoms with Gasteiger partial charge in [0.05, 0.1) is 11.5 Å². The first-order valence-electron chi connectivity index (χ1n) is 4.20. The van der Waals surface area contributed by atoms with E-state index >= 15 is 0 Å². The molecule has 0 aromatic carbocycles. The summed E-state index contributed by atoms with van der Waals surface area (Å²) < 4.78 is 22.0. The zero-order valence-electron chi connectivity index (χ0n) is 7.56. The molecular formula is C7H12N2O4S. The van der Waals surface area contributed by atoms with Crippen molar-refractivity contribution in [3.05, 3.63) is 0 Å². The van der Waals surface area contributed by atoms with Crippen molar-refractivity contribution in [2.24, 2.45) is 5.10 Å². The third-order valence-electron chi connectivity index (χ3n) is 1.87. The van der Waals surface area contributed by atoms with Crippen LogP contribution in [0.4, 0.5) is 0 Å². The van der Waals surface area contributed by atoms with Crippen molar-refractivity contribution in [2.75, 3.05) is 18.1 Å². The van der Waals surface area contributed by atoms with Crippen LogP contribution in [0, 0.1) is 0 Å². The van der Waals surface area contributed by atoms with Gasteiger partial charge in [-0.05, 0) is 0 Å². The monoisotopic (exact) mass is 220 g/mol. The minimum atomic E-state index is -2.88. The fourth-order valence-electron chi connectivity index (χ4n) is 1.10. The second-order valence-electron chi connectivity index (χ2n) is 3.06. The molecule has 1 heterocycles. The van der Waals surface area contributed by atoms with E-state index in [1.165, 1.54) is 0 Å². The Balaban J connectivity index is 2.38. The van der Waals surface area contributed by atoms with Gasteiger partial charge in [0.15, 0.2) is 9.84 Å². The Hall–Kier alpha value is -1.11. The van der Waals surface area contributed by atoms with Crippen LogP contribution in [0.5, 0.6) is 0 Å². The lowest BCUT2D eigenvalue weighted by Gasteiger charge is -2.13. The molecule has 1 saturated heterocycles. The van der Waals surface area contributed by atoms with Gasteiger partial charge in [-0.2, -0.15) is 5.10 Å². The van der Waals surface area contributed by atoms with Crippen molar-refractivity contribution in [2.45, 2.75) is 12.8 Å². The van der Waals surface area contributed by atoms with Crippen molar-refractivity contribution in [1.82, 2.24) is 5.43 Å². The van der Waals surface area contributed by atoms with E-state index in [1.807, 2.05) is 0 Å². The number of hydrazone groups is 1. The van der Waals surface area contributed by atoms with Gasteiger partial charge in [-0.25, -0.2) is 8.42 Å². The number of sulfone groups is 1. The molecule has 0 saturated carbocycles. The van der Waals surface area contributed by atoms with Crippen LogP contribution in [0.1, 0.15) is 12.8 Å². The maximum atomic E-state index is 11.0. The summed E-state index contributed by atoms with van der Waals surface area (Å²) >= 11 is 0. The highest BCUT2D eigenvalue weighted by molar-refractivity contribution is 7.91. The quantitative estimate of drug-likeness (QED) is 0.608. The third-order valence-corrected chi connectivity index (χ3v) is 3.52. The number of rotatable bonds is 3. The fraction of sp³-hybridized carbons (Fsp3) is 0.714. The largest absolute Gasteiger partial charge is 0.480 e. The molecule has 0 aromatic rings. The van der Waals surface area contributed by atoms with Crippen LogP contribution in [-0.2, 0) is 14.6 Å². The summed E-state index contributed by atoms with van der Waals surface area (Å²) in [5, 5.41) is 12.1. The van der Waals surface area contributed by atoms with E-state index < -0.39 is 15.8 Å². The highest BCUT2D eigenvalue weighted by atomic mass is 32.2. The molecular weight excluding hydrogens is 208 g/mol. The number of nitrogens with zero attached hydrogens (tertiary/aromatic N) is 1. The summed E-state index contributed by atoms with van der Waals surface area (Å²) in [4.78, 5) is 10.1. The molecule has 7 heteroatoms. The molecule has 1 fully saturated rings. The maximum absolute atomic E-state index is 11.0. The van der Waals surface area contributed by atoms with E-state index in [2.05, 4.69) is 10.5 Å². The molecule has 2 N–H and O–H groups in total. The van der Waals surface area contributed by atoms with Crippen LogP contribution in [0.3, 0.4) is 0 Å². The molecule has 0 spiro atoms. The highest BCUT2D eigenvalue weighted by Crippen LogP contribution is 2.08. The molecule has 0 aliphatic carbocycles. The van der Waals surface area contributed by atoms with Crippen molar-refractivity contribution in [1.29, 1.82) is 0 Å². The minimum absolute atomic E-state index is 0.112. The van der Waals surface area contributed by atoms with E-state index in [-0.39, 0.29) is 18.1 Å². The number of carbonyl (C=O) groups is 1. The summed E-state index contributed by atoms with van der Waals surface area (Å²) in [6.45, 7) is -0.240. The molecule has 0 bridgehead atoms. The Labute approximate surface area is 81.9 Å². The fourth-order valence-corrected chi connectivity index (χ4v) is 2.40. The topological polar surface area (TPSA) is 95.8 Å². The van der Waals surface area contributed by atoms with Crippen molar-refractivity contribution >= 4 is 21.5 Å². The number of nitrogens with one attached hydrogen (secondary N) is 1. The van der Waals surface area contributed by atoms with Crippen LogP contribution in [0.15, 0.2) is 5.10 Å². The molecule has 80 valence electrons. The average molecular weight is 220 g/mol. The van der Waals surface area contributed by atoms with Crippen LogP contribution >= 0.6 is 0 Å². The molecule has 0 atom stereocenters. The van der Waals surface area contributed by atoms with Gasteiger partial charge < -0.3 is 5.11 Å². The van der Waals surface area contributed by atoms with E-state index in [0.717, 1.165) is 5.71 Å². The van der Waals surface area contributed by atoms with Gasteiger partial charge in [0, 0.05) is 18.6 Å². The zero-order valence-corrected chi connectivity index (χ0v) is 8.38. The van der Waals surface area contributed by atoms with E-state index in [4.69, 9.17) is 5.11 Å². The summed E-state index contributed by atoms with van der Waals surface area (Å²) in [6.07, 6.45) is 0.796. The minimum Gasteiger partial charge on any atom is -0.480 e. The number of aliphatic carboxylic acids is 1. The third kappa shape index (κ3) is 3.73. The number of hydrogen-bond donors (Lipinski definition) is 2. The molecule has 1 aliphatic heterocycles. The number of carboxylic acid groups (broad SMARTS) is 1. The van der Waals surface area contributed by atoms with Crippen LogP contribution in [0.25, 0.3) is 0 Å². The lowest BCUT2D eigenvalue weighted by molar-refractivity contribution is -0.135. The maximum Gasteiger partial charge on any atom is 0.324 e. The molecule has 6 nitrogen and oxygen atoms in total. The van der Waals surface area contributed by atoms with Gasteiger partial charge in [0.25, 0.3) is 0 Å². The Morgan fingerprint density at radius 1 is 1.43 bits per heavy atom. The predicted molar refractivity (Wildman–Crippen MR) is 51.0 cm³/mol. The standard InChI is InChI=1S/C7H12N2O4S/c10-7(11)5-8-9-6-1-3-14(12,13)4-2-6/h8H,1-5H2,(H,10,11). The van der Waals surface area contributed by atoms with E-state index in [1.54, 1.807) is 0 Å². The lowest BCUT2D eigenvalue weighted by atomic mass is 10.2. The van der Waals surface area contributed by atoms with Crippen molar-refractivity contribution in [3.63, 3.8) is 0 Å². The molecule has 0 amide bonds. The Morgan fingerprint density at radius 3 is 2.50 bits per heavy atom. The molecule has 0 radical (unpaired) electrons. The van der Waals surface area contributed by atoms with Gasteiger partial charge in [-0.1, -0.05) is 0 Å². The summed E-state index contributed by atoms with van der Waals surface area (Å²) in [6, 6.07) is 0. The van der Waals surface area contributed by atoms with Crippen molar-refractivity contribution < 1.29 is 18.3 Å². The summed E-state index contributed by atoms with van der Waals surface area (Å²) in [5.74, 6) is -0.765. The first-order chi connectivity index (χ1) is 6.49. The van der Waals surface area contributed by atoms with Gasteiger partial charge in [-0.15, -0.1) is 0 Å². The lowest BCUT2D eigenvalue weighted by Crippen LogP contribution is -2.26. The van der Waals surface area contributed by atoms with Gasteiger partial charge in [0.2, 0.25) is 0 Å². The molecule has 14 heavy (non-hydrogen) atoms. The molecule has 0 unspecified atom stereocenters. The Bertz CT molecular complexity index is 331. The first kappa shape index (κ1) is 11.0. The van der Waals surface area contributed by atoms with Gasteiger partial charge in [-0.3, -0.25) is 10.2 Å². The summed E-state index contributed by atoms with van der Waals surface area (Å²) in [5.41, 5.74) is 3.10. The smallest absolute Gasteiger partial charge is 0.324 e. The number of carboxylic acids is 1. The summed E-state index contributed by atoms with van der Waals surface area (Å²) in [7, 11) is -2.88. The molecule has 0 aromatic heterocycles. The van der Waals surface area contributed by atoms with Crippen LogP contribution in [-0.4, -0.2) is 43.3 Å². The van der Waals surface area contributed by atoms with Crippen LogP contribution < -0.4 is 5.43 Å². The molecule has 1 aliphatic rings. The SMILES string of the molecule is O=C(O)CNN=C1CCS(=O)(=O)CC1. The highest BCUT2D eigenvalue weighted by Gasteiger charge is 2.19. The molecule has 1 rings (SSSR count). The normalized spacial score (nSPS) is 20.1. The zero-order chi connectivity index (χ0) is 10.6. The number of hydrogen-bond acceptors (Lipinski definition) is 5. The van der Waals surface area contributed by atoms with Crippen LogP contribution in [0.2, 0.25) is 0 Å². The van der Waals surface area contributed by atoms with Crippen molar-refractivity contribution in [3.8, 4) is 0 Å². The van der Waals surface area contributed by atoms with E-state index in [0.29, 0.717) is 12.8 Å². The Morgan fingerprint density at radius 2 is 2.00 bits per heavy atom. The first-order valence-corrected chi connectivity index (χ1v) is 6.02.